The first kappa shape index (κ1) is 18.4. The van der Waals surface area contributed by atoms with Crippen molar-refractivity contribution in [2.45, 2.75) is 0 Å². The third kappa shape index (κ3) is 2.85. The highest BCUT2D eigenvalue weighted by Gasteiger charge is 2.15. The van der Waals surface area contributed by atoms with Crippen LogP contribution in [0.2, 0.25) is 0 Å². The molecule has 2 heterocycles. The molecule has 0 unspecified atom stereocenters. The van der Waals surface area contributed by atoms with Crippen molar-refractivity contribution in [1.29, 1.82) is 10.8 Å². The maximum Gasteiger partial charge on any atom is 0.313 e. The molecule has 3 aromatic carbocycles. The first-order valence-corrected chi connectivity index (χ1v) is 10.7. The zero-order chi connectivity index (χ0) is 20.8. The molecule has 8 heteroatoms. The molecule has 0 radical (unpaired) electrons. The average Bonchev–Trinajstić information content (AvgIpc) is 3.28. The Bertz CT molecular complexity index is 1450. The van der Waals surface area contributed by atoms with E-state index in [-0.39, 0.29) is 21.4 Å². The Morgan fingerprint density at radius 1 is 0.600 bits per heavy atom. The number of hydrogen-bond acceptors (Lipinski definition) is 6. The third-order valence-electron chi connectivity index (χ3n) is 4.85. The van der Waals surface area contributed by atoms with E-state index in [1.54, 1.807) is 24.3 Å². The second kappa shape index (κ2) is 7.01. The number of hydrogen-bond donors (Lipinski definition) is 2. The Labute approximate surface area is 177 Å². The molecule has 146 valence electrons. The Morgan fingerprint density at radius 3 is 1.37 bits per heavy atom. The molecule has 0 atom stereocenters. The number of rotatable bonds is 2. The van der Waals surface area contributed by atoms with Crippen LogP contribution in [0.1, 0.15) is 11.1 Å². The van der Waals surface area contributed by atoms with Gasteiger partial charge < -0.3 is 0 Å². The Hall–Kier alpha value is -3.62. The highest BCUT2D eigenvalue weighted by atomic mass is 32.1. The van der Waals surface area contributed by atoms with Gasteiger partial charge in [-0.25, -0.2) is 0 Å². The van der Waals surface area contributed by atoms with Crippen LogP contribution in [0.3, 0.4) is 0 Å². The summed E-state index contributed by atoms with van der Waals surface area (Å²) < 4.78 is 4.43. The summed E-state index contributed by atoms with van der Waals surface area (Å²) in [6, 6.07) is 21.6. The van der Waals surface area contributed by atoms with Crippen LogP contribution < -0.4 is 9.75 Å². The van der Waals surface area contributed by atoms with Gasteiger partial charge in [0.15, 0.2) is 0 Å². The first-order chi connectivity index (χ1) is 14.5. The van der Waals surface area contributed by atoms with Crippen molar-refractivity contribution in [3.05, 3.63) is 103 Å². The molecule has 5 rings (SSSR count). The van der Waals surface area contributed by atoms with Gasteiger partial charge in [-0.1, -0.05) is 71.2 Å². The van der Waals surface area contributed by atoms with E-state index in [1.165, 1.54) is 9.13 Å². The predicted molar refractivity (Wildman–Crippen MR) is 123 cm³/mol. The van der Waals surface area contributed by atoms with E-state index in [0.29, 0.717) is 22.2 Å². The topological polar surface area (TPSA) is 91.7 Å². The largest absolute Gasteiger partial charge is 0.313 e. The quantitative estimate of drug-likeness (QED) is 0.325. The summed E-state index contributed by atoms with van der Waals surface area (Å²) >= 11 is 2.21. The van der Waals surface area contributed by atoms with Crippen LogP contribution in [-0.4, -0.2) is 20.8 Å². The van der Waals surface area contributed by atoms with E-state index >= 15 is 0 Å². The fourth-order valence-corrected chi connectivity index (χ4v) is 5.16. The minimum Gasteiger partial charge on any atom is -0.283 e. The number of thiazole rings is 2. The summed E-state index contributed by atoms with van der Waals surface area (Å²) in [6.07, 6.45) is 0. The molecule has 30 heavy (non-hydrogen) atoms. The summed E-state index contributed by atoms with van der Waals surface area (Å²) in [5.41, 5.74) is 2.51. The van der Waals surface area contributed by atoms with Gasteiger partial charge in [0, 0.05) is 11.1 Å². The van der Waals surface area contributed by atoms with Crippen LogP contribution >= 0.6 is 22.7 Å². The minimum atomic E-state index is -0.214. The highest BCUT2D eigenvalue weighted by Crippen LogP contribution is 2.20. The molecule has 0 amide bonds. The van der Waals surface area contributed by atoms with E-state index < -0.39 is 0 Å². The van der Waals surface area contributed by atoms with E-state index in [4.69, 9.17) is 10.8 Å². The Morgan fingerprint density at radius 2 is 0.967 bits per heavy atom. The summed E-state index contributed by atoms with van der Waals surface area (Å²) in [4.78, 5) is 24.4. The highest BCUT2D eigenvalue weighted by molar-refractivity contribution is 7.16. The summed E-state index contributed by atoms with van der Waals surface area (Å²) in [7, 11) is 0. The van der Waals surface area contributed by atoms with Crippen molar-refractivity contribution < 1.29 is 0 Å². The summed E-state index contributed by atoms with van der Waals surface area (Å²) in [5, 5.41) is 17.1. The first-order valence-electron chi connectivity index (χ1n) is 9.04. The lowest BCUT2D eigenvalue weighted by Gasteiger charge is -2.09. The van der Waals surface area contributed by atoms with Crippen molar-refractivity contribution >= 4 is 54.8 Å². The van der Waals surface area contributed by atoms with Gasteiger partial charge in [0.05, 0.1) is 20.4 Å². The SMILES string of the molecule is N=C(c1ccc(C(=N)n2c(=O)sc3ccccc32)cc1)n1c(=O)sc2ccccc21. The van der Waals surface area contributed by atoms with Crippen molar-refractivity contribution in [1.82, 2.24) is 9.13 Å². The molecule has 0 saturated heterocycles. The summed E-state index contributed by atoms with van der Waals surface area (Å²) in [5.74, 6) is 0.155. The molecule has 0 fully saturated rings. The fourth-order valence-electron chi connectivity index (χ4n) is 3.40. The van der Waals surface area contributed by atoms with Crippen LogP contribution in [0.25, 0.3) is 20.4 Å². The lowest BCUT2D eigenvalue weighted by molar-refractivity contribution is 1.13. The van der Waals surface area contributed by atoms with Crippen molar-refractivity contribution in [2.75, 3.05) is 0 Å². The summed E-state index contributed by atoms with van der Waals surface area (Å²) in [6.45, 7) is 0. The minimum absolute atomic E-state index is 0.0775. The standard InChI is InChI=1S/C22H14N4O2S2/c23-19(25-15-5-1-3-7-17(15)29-21(25)27)13-9-11-14(12-10-13)20(24)26-16-6-2-4-8-18(16)30-22(26)28/h1-12,23-24H. The molecule has 2 N–H and O–H groups in total. The molecule has 0 aliphatic carbocycles. The molecule has 0 aliphatic heterocycles. The van der Waals surface area contributed by atoms with Gasteiger partial charge >= 0.3 is 9.75 Å². The van der Waals surface area contributed by atoms with Crippen LogP contribution in [0.4, 0.5) is 0 Å². The maximum atomic E-state index is 12.4. The number of nitrogens with one attached hydrogen (secondary N) is 2. The van der Waals surface area contributed by atoms with Gasteiger partial charge in [0.2, 0.25) is 0 Å². The second-order valence-electron chi connectivity index (χ2n) is 6.62. The van der Waals surface area contributed by atoms with Crippen molar-refractivity contribution in [3.8, 4) is 0 Å². The number of aromatic nitrogens is 2. The van der Waals surface area contributed by atoms with Gasteiger partial charge in [0.1, 0.15) is 11.7 Å². The fraction of sp³-hybridized carbons (Fsp3) is 0. The molecule has 0 bridgehead atoms. The van der Waals surface area contributed by atoms with Gasteiger partial charge in [0.25, 0.3) is 0 Å². The lowest BCUT2D eigenvalue weighted by atomic mass is 10.1. The van der Waals surface area contributed by atoms with Crippen LogP contribution in [0.15, 0.2) is 82.4 Å². The van der Waals surface area contributed by atoms with Crippen LogP contribution in [-0.2, 0) is 0 Å². The number of benzene rings is 3. The Balaban J connectivity index is 1.52. The van der Waals surface area contributed by atoms with E-state index in [9.17, 15) is 9.59 Å². The molecule has 0 spiro atoms. The van der Waals surface area contributed by atoms with E-state index in [2.05, 4.69) is 0 Å². The number of para-hydroxylation sites is 2. The van der Waals surface area contributed by atoms with Crippen molar-refractivity contribution in [3.63, 3.8) is 0 Å². The smallest absolute Gasteiger partial charge is 0.283 e. The average molecular weight is 431 g/mol. The van der Waals surface area contributed by atoms with Gasteiger partial charge in [-0.2, -0.15) is 0 Å². The lowest BCUT2D eigenvalue weighted by Crippen LogP contribution is -2.23. The van der Waals surface area contributed by atoms with Gasteiger partial charge in [-0.3, -0.25) is 29.5 Å². The zero-order valence-corrected chi connectivity index (χ0v) is 17.1. The van der Waals surface area contributed by atoms with E-state index in [0.717, 1.165) is 32.1 Å². The number of nitrogens with zero attached hydrogens (tertiary/aromatic N) is 2. The zero-order valence-electron chi connectivity index (χ0n) is 15.5. The molecule has 2 aromatic heterocycles. The van der Waals surface area contributed by atoms with Crippen LogP contribution in [0, 0.1) is 10.8 Å². The molecule has 6 nitrogen and oxygen atoms in total. The molecule has 5 aromatic rings. The molecule has 0 saturated carbocycles. The normalized spacial score (nSPS) is 11.2. The van der Waals surface area contributed by atoms with Crippen LogP contribution in [0.5, 0.6) is 0 Å². The molecular weight excluding hydrogens is 416 g/mol. The predicted octanol–water partition coefficient (Wildman–Crippen LogP) is 4.19. The number of fused-ring (bicyclic) bond motifs is 2. The van der Waals surface area contributed by atoms with Gasteiger partial charge in [-0.15, -0.1) is 0 Å². The monoisotopic (exact) mass is 430 g/mol. The Kier molecular flexibility index (Phi) is 4.30. The molecule has 0 aliphatic rings. The third-order valence-corrected chi connectivity index (χ3v) is 6.70. The second-order valence-corrected chi connectivity index (χ2v) is 8.60. The van der Waals surface area contributed by atoms with E-state index in [1.807, 2.05) is 48.5 Å². The van der Waals surface area contributed by atoms with Crippen molar-refractivity contribution in [2.24, 2.45) is 0 Å². The van der Waals surface area contributed by atoms with Gasteiger partial charge in [-0.05, 0) is 24.3 Å². The molecular formula is C22H14N4O2S2. The maximum absolute atomic E-state index is 12.4.